The quantitative estimate of drug-likeness (QED) is 0.403. The monoisotopic (exact) mass is 288 g/mol. The SMILES string of the molecule is CCCCCCCCC(=O)N/N=C(\C)c1ccc(C)cc1. The van der Waals surface area contributed by atoms with Crippen LogP contribution in [0.25, 0.3) is 0 Å². The fourth-order valence-corrected chi connectivity index (χ4v) is 2.13. The molecular formula is C18H28N2O. The van der Waals surface area contributed by atoms with E-state index >= 15 is 0 Å². The summed E-state index contributed by atoms with van der Waals surface area (Å²) < 4.78 is 0. The van der Waals surface area contributed by atoms with Crippen molar-refractivity contribution in [2.75, 3.05) is 0 Å². The first-order chi connectivity index (χ1) is 10.1. The molecule has 0 spiro atoms. The summed E-state index contributed by atoms with van der Waals surface area (Å²) in [5, 5.41) is 4.17. The van der Waals surface area contributed by atoms with Crippen molar-refractivity contribution in [3.05, 3.63) is 35.4 Å². The number of carbonyl (C=O) groups excluding carboxylic acids is 1. The lowest BCUT2D eigenvalue weighted by Gasteiger charge is -2.04. The van der Waals surface area contributed by atoms with Crippen molar-refractivity contribution in [1.82, 2.24) is 5.43 Å². The van der Waals surface area contributed by atoms with Gasteiger partial charge in [-0.3, -0.25) is 4.79 Å². The Labute approximate surface area is 128 Å². The molecular weight excluding hydrogens is 260 g/mol. The molecule has 1 rings (SSSR count). The van der Waals surface area contributed by atoms with Gasteiger partial charge >= 0.3 is 0 Å². The summed E-state index contributed by atoms with van der Waals surface area (Å²) in [4.78, 5) is 11.7. The van der Waals surface area contributed by atoms with Crippen molar-refractivity contribution in [2.24, 2.45) is 5.10 Å². The molecule has 0 unspecified atom stereocenters. The van der Waals surface area contributed by atoms with E-state index in [9.17, 15) is 4.79 Å². The standard InChI is InChI=1S/C18H28N2O/c1-4-5-6-7-8-9-10-18(21)20-19-16(3)17-13-11-15(2)12-14-17/h11-14H,4-10H2,1-3H3,(H,20,21)/b19-16+. The van der Waals surface area contributed by atoms with Crippen LogP contribution in [0.3, 0.4) is 0 Å². The molecule has 0 aliphatic heterocycles. The molecule has 3 heteroatoms. The molecule has 0 saturated heterocycles. The van der Waals surface area contributed by atoms with Crippen molar-refractivity contribution in [1.29, 1.82) is 0 Å². The van der Waals surface area contributed by atoms with Crippen molar-refractivity contribution in [3.63, 3.8) is 0 Å². The van der Waals surface area contributed by atoms with Gasteiger partial charge in [0.1, 0.15) is 0 Å². The van der Waals surface area contributed by atoms with Crippen LogP contribution in [0.1, 0.15) is 69.9 Å². The Morgan fingerprint density at radius 2 is 1.67 bits per heavy atom. The highest BCUT2D eigenvalue weighted by molar-refractivity contribution is 5.99. The number of nitrogens with one attached hydrogen (secondary N) is 1. The lowest BCUT2D eigenvalue weighted by Crippen LogP contribution is -2.18. The minimum atomic E-state index is 0.0111. The summed E-state index contributed by atoms with van der Waals surface area (Å²) in [6.45, 7) is 6.18. The van der Waals surface area contributed by atoms with E-state index in [-0.39, 0.29) is 5.91 Å². The first-order valence-corrected chi connectivity index (χ1v) is 8.03. The van der Waals surface area contributed by atoms with Crippen LogP contribution in [0.4, 0.5) is 0 Å². The number of benzene rings is 1. The normalized spacial score (nSPS) is 11.5. The van der Waals surface area contributed by atoms with Gasteiger partial charge in [0.25, 0.3) is 0 Å². The van der Waals surface area contributed by atoms with E-state index in [2.05, 4.69) is 24.4 Å². The van der Waals surface area contributed by atoms with Gasteiger partial charge in [-0.15, -0.1) is 0 Å². The van der Waals surface area contributed by atoms with Crippen LogP contribution in [-0.2, 0) is 4.79 Å². The number of carbonyl (C=O) groups is 1. The Kier molecular flexibility index (Phi) is 8.41. The maximum Gasteiger partial charge on any atom is 0.240 e. The van der Waals surface area contributed by atoms with Crippen LogP contribution in [0, 0.1) is 6.92 Å². The first kappa shape index (κ1) is 17.4. The highest BCUT2D eigenvalue weighted by Gasteiger charge is 2.01. The summed E-state index contributed by atoms with van der Waals surface area (Å²) in [6.07, 6.45) is 7.72. The molecule has 3 nitrogen and oxygen atoms in total. The lowest BCUT2D eigenvalue weighted by atomic mass is 10.1. The van der Waals surface area contributed by atoms with Gasteiger partial charge in [-0.1, -0.05) is 68.9 Å². The maximum atomic E-state index is 11.7. The number of rotatable bonds is 9. The van der Waals surface area contributed by atoms with Gasteiger partial charge in [-0.25, -0.2) is 5.43 Å². The van der Waals surface area contributed by atoms with Gasteiger partial charge < -0.3 is 0 Å². The summed E-state index contributed by atoms with van der Waals surface area (Å²) >= 11 is 0. The van der Waals surface area contributed by atoms with Gasteiger partial charge in [-0.05, 0) is 25.8 Å². The highest BCUT2D eigenvalue weighted by Crippen LogP contribution is 2.07. The molecule has 0 aromatic heterocycles. The summed E-state index contributed by atoms with van der Waals surface area (Å²) in [5.41, 5.74) is 5.75. The highest BCUT2D eigenvalue weighted by atomic mass is 16.2. The van der Waals surface area contributed by atoms with E-state index in [1.165, 1.54) is 31.2 Å². The third kappa shape index (κ3) is 7.64. The van der Waals surface area contributed by atoms with Gasteiger partial charge in [0.2, 0.25) is 5.91 Å². The molecule has 116 valence electrons. The summed E-state index contributed by atoms with van der Waals surface area (Å²) in [6, 6.07) is 8.14. The largest absolute Gasteiger partial charge is 0.273 e. The Morgan fingerprint density at radius 3 is 2.33 bits per heavy atom. The third-order valence-electron chi connectivity index (χ3n) is 3.58. The minimum Gasteiger partial charge on any atom is -0.273 e. The van der Waals surface area contributed by atoms with Crippen molar-refractivity contribution in [3.8, 4) is 0 Å². The molecule has 1 aromatic carbocycles. The number of hydrazone groups is 1. The van der Waals surface area contributed by atoms with Crippen molar-refractivity contribution < 1.29 is 4.79 Å². The Hall–Kier alpha value is -1.64. The third-order valence-corrected chi connectivity index (χ3v) is 3.58. The maximum absolute atomic E-state index is 11.7. The molecule has 21 heavy (non-hydrogen) atoms. The second-order valence-electron chi connectivity index (χ2n) is 5.62. The number of amides is 1. The molecule has 0 fully saturated rings. The molecule has 0 saturated carbocycles. The Bertz CT molecular complexity index is 449. The predicted octanol–water partition coefficient (Wildman–Crippen LogP) is 4.59. The number of nitrogens with zero attached hydrogens (tertiary/aromatic N) is 1. The summed E-state index contributed by atoms with van der Waals surface area (Å²) in [5.74, 6) is 0.0111. The van der Waals surface area contributed by atoms with Crippen molar-refractivity contribution >= 4 is 11.6 Å². The fourth-order valence-electron chi connectivity index (χ4n) is 2.13. The zero-order valence-electron chi connectivity index (χ0n) is 13.6. The van der Waals surface area contributed by atoms with Gasteiger partial charge in [0.05, 0.1) is 5.71 Å². The zero-order chi connectivity index (χ0) is 15.5. The fraction of sp³-hybridized carbons (Fsp3) is 0.556. The van der Waals surface area contributed by atoms with E-state index in [0.29, 0.717) is 6.42 Å². The number of hydrogen-bond acceptors (Lipinski definition) is 2. The molecule has 0 aliphatic rings. The Morgan fingerprint density at radius 1 is 1.05 bits per heavy atom. The van der Waals surface area contributed by atoms with Crippen LogP contribution in [0.15, 0.2) is 29.4 Å². The Balaban J connectivity index is 2.25. The van der Waals surface area contributed by atoms with Crippen LogP contribution in [0.5, 0.6) is 0 Å². The number of unbranched alkanes of at least 4 members (excludes halogenated alkanes) is 5. The number of aryl methyl sites for hydroxylation is 1. The van der Waals surface area contributed by atoms with E-state index in [4.69, 9.17) is 0 Å². The average molecular weight is 288 g/mol. The molecule has 0 bridgehead atoms. The van der Waals surface area contributed by atoms with E-state index < -0.39 is 0 Å². The van der Waals surface area contributed by atoms with Crippen LogP contribution in [0.2, 0.25) is 0 Å². The topological polar surface area (TPSA) is 41.5 Å². The van der Waals surface area contributed by atoms with Gasteiger partial charge in [0.15, 0.2) is 0 Å². The second-order valence-corrected chi connectivity index (χ2v) is 5.62. The summed E-state index contributed by atoms with van der Waals surface area (Å²) in [7, 11) is 0. The van der Waals surface area contributed by atoms with Gasteiger partial charge in [0, 0.05) is 6.42 Å². The first-order valence-electron chi connectivity index (χ1n) is 8.03. The lowest BCUT2D eigenvalue weighted by molar-refractivity contribution is -0.121. The van der Waals surface area contributed by atoms with Crippen molar-refractivity contribution in [2.45, 2.75) is 65.7 Å². The molecule has 1 amide bonds. The smallest absolute Gasteiger partial charge is 0.240 e. The van der Waals surface area contributed by atoms with Gasteiger partial charge in [-0.2, -0.15) is 5.10 Å². The van der Waals surface area contributed by atoms with Crippen LogP contribution < -0.4 is 5.43 Å². The minimum absolute atomic E-state index is 0.0111. The molecule has 0 heterocycles. The average Bonchev–Trinajstić information content (AvgIpc) is 2.49. The molecule has 1 N–H and O–H groups in total. The second kappa shape index (κ2) is 10.1. The van der Waals surface area contributed by atoms with Crippen LogP contribution in [-0.4, -0.2) is 11.6 Å². The molecule has 0 aliphatic carbocycles. The van der Waals surface area contributed by atoms with E-state index in [0.717, 1.165) is 24.1 Å². The van der Waals surface area contributed by atoms with E-state index in [1.54, 1.807) is 0 Å². The van der Waals surface area contributed by atoms with E-state index in [1.807, 2.05) is 31.2 Å². The molecule has 0 atom stereocenters. The molecule has 1 aromatic rings. The molecule has 0 radical (unpaired) electrons. The number of hydrogen-bond donors (Lipinski definition) is 1. The zero-order valence-corrected chi connectivity index (χ0v) is 13.6. The predicted molar refractivity (Wildman–Crippen MR) is 89.5 cm³/mol. The van der Waals surface area contributed by atoms with Crippen LogP contribution >= 0.6 is 0 Å².